The molecule has 2 aromatic carbocycles. The second-order valence-corrected chi connectivity index (χ2v) is 18.3. The number of piperidine rings is 2. The zero-order valence-corrected chi connectivity index (χ0v) is 41.0. The number of allylic oxidation sites excluding steroid dienone is 6. The Hall–Kier alpha value is -5.20. The Morgan fingerprint density at radius 1 is 0.606 bits per heavy atom. The number of halogens is 2. The van der Waals surface area contributed by atoms with Gasteiger partial charge in [-0.15, -0.1) is 0 Å². The number of cyclic esters (lactones) is 2. The van der Waals surface area contributed by atoms with Gasteiger partial charge in [0.25, 0.3) is 11.8 Å². The molecule has 0 radical (unpaired) electrons. The summed E-state index contributed by atoms with van der Waals surface area (Å²) in [5, 5.41) is 9.57. The van der Waals surface area contributed by atoms with Crippen molar-refractivity contribution in [1.29, 1.82) is 0 Å². The van der Waals surface area contributed by atoms with Crippen molar-refractivity contribution in [2.24, 2.45) is 22.1 Å². The van der Waals surface area contributed by atoms with Gasteiger partial charge < -0.3 is 28.9 Å². The van der Waals surface area contributed by atoms with Crippen LogP contribution in [0, 0.1) is 39.5 Å². The van der Waals surface area contributed by atoms with Crippen LogP contribution in [-0.4, -0.2) is 97.6 Å². The molecule has 2 saturated heterocycles. The van der Waals surface area contributed by atoms with Gasteiger partial charge in [-0.05, 0) is 136 Å². The fraction of sp³-hybridized carbons (Fsp3) is 0.500. The number of nitrogens with zero attached hydrogens (tertiary/aromatic N) is 4. The number of hydrogen-bond acceptors (Lipinski definition) is 10. The van der Waals surface area contributed by atoms with Crippen LogP contribution < -0.4 is 0 Å². The van der Waals surface area contributed by atoms with E-state index in [0.717, 1.165) is 99.8 Å². The van der Waals surface area contributed by atoms with Crippen LogP contribution in [0.4, 0.5) is 0 Å². The number of fused-ring (bicyclic) bond motifs is 2. The third-order valence-corrected chi connectivity index (χ3v) is 13.0. The standard InChI is InChI=1S/2C26H33ClN2O4/c2*1-18-9-7-11-21(28-33-17-23(30)29-12-5-4-6-13-29)16-22-24(26(31)32-14-8-10-18)19(2)15-20(3)25(22)27/h2*7-8,10-11,15,18H,4-6,9,12-14,16-17H2,1-3H3/b10-8?,11-7+,28-21+;10-8?,11-7+,28-21-. The molecule has 0 bridgehead atoms. The number of likely N-dealkylation sites (tertiary alicyclic amines) is 2. The van der Waals surface area contributed by atoms with E-state index >= 15 is 0 Å². The van der Waals surface area contributed by atoms with Gasteiger partial charge in [0.1, 0.15) is 13.2 Å². The van der Waals surface area contributed by atoms with E-state index in [-0.39, 0.29) is 50.1 Å². The van der Waals surface area contributed by atoms with Crippen LogP contribution in [0.5, 0.6) is 0 Å². The zero-order chi connectivity index (χ0) is 47.6. The average Bonchev–Trinajstić information content (AvgIpc) is 3.32. The van der Waals surface area contributed by atoms with Gasteiger partial charge in [-0.3, -0.25) is 9.59 Å². The lowest BCUT2D eigenvalue weighted by Gasteiger charge is -2.26. The molecule has 66 heavy (non-hydrogen) atoms. The number of rotatable bonds is 6. The predicted octanol–water partition coefficient (Wildman–Crippen LogP) is 10.4. The number of hydrogen-bond donors (Lipinski definition) is 0. The molecule has 12 nitrogen and oxygen atoms in total. The Morgan fingerprint density at radius 3 is 1.36 bits per heavy atom. The maximum atomic E-state index is 12.9. The van der Waals surface area contributed by atoms with Crippen LogP contribution in [0.25, 0.3) is 0 Å². The van der Waals surface area contributed by atoms with E-state index in [1.54, 1.807) is 0 Å². The SMILES string of the molecule is Cc1cc(C)c2c(c1Cl)CC(=N/OCC(=O)N1CCCCC1)/C=C/CC(C)C=CCOC2=O.Cc1cc(C)c2c(c1Cl)CC(=N\OCC(=O)N1CCCCC1)/C=C/CC(C)C=CCOC2=O. The summed E-state index contributed by atoms with van der Waals surface area (Å²) in [5.41, 5.74) is 6.77. The molecule has 356 valence electrons. The van der Waals surface area contributed by atoms with Gasteiger partial charge >= 0.3 is 11.9 Å². The molecular weight excluding hydrogens is 879 g/mol. The lowest BCUT2D eigenvalue weighted by atomic mass is 9.94. The summed E-state index contributed by atoms with van der Waals surface area (Å²) in [6.45, 7) is 15.0. The van der Waals surface area contributed by atoms with Gasteiger partial charge in [0.15, 0.2) is 13.2 Å². The Labute approximate surface area is 400 Å². The smallest absolute Gasteiger partial charge is 0.339 e. The van der Waals surface area contributed by atoms with Crippen LogP contribution in [-0.2, 0) is 41.6 Å². The van der Waals surface area contributed by atoms with E-state index in [9.17, 15) is 19.2 Å². The summed E-state index contributed by atoms with van der Waals surface area (Å²) >= 11 is 13.3. The summed E-state index contributed by atoms with van der Waals surface area (Å²) in [5.74, 6) is -0.381. The highest BCUT2D eigenvalue weighted by Gasteiger charge is 2.24. The fourth-order valence-corrected chi connectivity index (χ4v) is 8.80. The number of carbonyl (C=O) groups is 4. The van der Waals surface area contributed by atoms with Crippen molar-refractivity contribution in [2.45, 2.75) is 106 Å². The largest absolute Gasteiger partial charge is 0.458 e. The molecule has 2 atom stereocenters. The van der Waals surface area contributed by atoms with E-state index in [1.165, 1.54) is 0 Å². The first-order chi connectivity index (χ1) is 31.7. The van der Waals surface area contributed by atoms with Crippen molar-refractivity contribution in [1.82, 2.24) is 9.80 Å². The molecule has 6 rings (SSSR count). The van der Waals surface area contributed by atoms with Gasteiger partial charge in [0.05, 0.1) is 22.6 Å². The number of amides is 2. The number of ether oxygens (including phenoxy) is 2. The topological polar surface area (TPSA) is 136 Å². The maximum Gasteiger partial charge on any atom is 0.339 e. The normalized spacial score (nSPS) is 21.9. The van der Waals surface area contributed by atoms with E-state index < -0.39 is 11.9 Å². The Morgan fingerprint density at radius 2 is 0.985 bits per heavy atom. The van der Waals surface area contributed by atoms with E-state index in [0.29, 0.717) is 56.6 Å². The predicted molar refractivity (Wildman–Crippen MR) is 262 cm³/mol. The number of benzene rings is 2. The first kappa shape index (κ1) is 51.8. The minimum atomic E-state index is -0.412. The fourth-order valence-electron chi connectivity index (χ4n) is 8.37. The van der Waals surface area contributed by atoms with Gasteiger partial charge in [-0.2, -0.15) is 0 Å². The molecular formula is C52H66Cl2N4O8. The van der Waals surface area contributed by atoms with Crippen molar-refractivity contribution < 1.29 is 38.3 Å². The summed E-state index contributed by atoms with van der Waals surface area (Å²) in [7, 11) is 0. The van der Waals surface area contributed by atoms with E-state index in [1.807, 2.05) is 98.2 Å². The van der Waals surface area contributed by atoms with Crippen LogP contribution >= 0.6 is 23.2 Å². The Balaban J connectivity index is 0.000000247. The van der Waals surface area contributed by atoms with Crippen molar-refractivity contribution in [3.05, 3.63) is 115 Å². The molecule has 14 heteroatoms. The highest BCUT2D eigenvalue weighted by molar-refractivity contribution is 6.33. The first-order valence-electron chi connectivity index (χ1n) is 23.2. The average molecular weight is 946 g/mol. The van der Waals surface area contributed by atoms with Crippen LogP contribution in [0.3, 0.4) is 0 Å². The van der Waals surface area contributed by atoms with Crippen LogP contribution in [0.1, 0.15) is 119 Å². The second-order valence-electron chi connectivity index (χ2n) is 17.6. The first-order valence-corrected chi connectivity index (χ1v) is 24.0. The highest BCUT2D eigenvalue weighted by Crippen LogP contribution is 2.31. The monoisotopic (exact) mass is 944 g/mol. The molecule has 2 fully saturated rings. The molecule has 4 aliphatic rings. The lowest BCUT2D eigenvalue weighted by Crippen LogP contribution is -2.37. The molecule has 0 saturated carbocycles. The van der Waals surface area contributed by atoms with E-state index in [4.69, 9.17) is 42.4 Å². The Kier molecular flexibility index (Phi) is 20.6. The summed E-state index contributed by atoms with van der Waals surface area (Å²) < 4.78 is 11.0. The van der Waals surface area contributed by atoms with Crippen molar-refractivity contribution >= 4 is 58.4 Å². The number of esters is 2. The zero-order valence-electron chi connectivity index (χ0n) is 39.5. The third kappa shape index (κ3) is 15.4. The van der Waals surface area contributed by atoms with Gasteiger partial charge in [0.2, 0.25) is 0 Å². The van der Waals surface area contributed by atoms with Gasteiger partial charge in [-0.25, -0.2) is 9.59 Å². The molecule has 2 amide bonds. The number of carbonyl (C=O) groups excluding carboxylic acids is 4. The van der Waals surface area contributed by atoms with Gasteiger partial charge in [-0.1, -0.05) is 95.9 Å². The highest BCUT2D eigenvalue weighted by atomic mass is 35.5. The third-order valence-electron chi connectivity index (χ3n) is 11.9. The minimum Gasteiger partial charge on any atom is -0.458 e. The molecule has 0 spiro atoms. The summed E-state index contributed by atoms with van der Waals surface area (Å²) in [6, 6.07) is 3.78. The second kappa shape index (κ2) is 26.2. The molecule has 4 heterocycles. The molecule has 0 aliphatic carbocycles. The van der Waals surface area contributed by atoms with Crippen molar-refractivity contribution in [3.63, 3.8) is 0 Å². The minimum absolute atomic E-state index is 0.0554. The molecule has 0 aromatic heterocycles. The van der Waals surface area contributed by atoms with Gasteiger partial charge in [0, 0.05) is 49.1 Å². The quantitative estimate of drug-likeness (QED) is 0.159. The number of aryl methyl sites for hydroxylation is 4. The Bertz CT molecular complexity index is 2080. The van der Waals surface area contributed by atoms with Crippen molar-refractivity contribution in [2.75, 3.05) is 52.6 Å². The molecule has 2 unspecified atom stereocenters. The van der Waals surface area contributed by atoms with Crippen molar-refractivity contribution in [3.8, 4) is 0 Å². The molecule has 0 N–H and O–H groups in total. The van der Waals surface area contributed by atoms with E-state index in [2.05, 4.69) is 24.2 Å². The molecule has 2 aromatic rings. The lowest BCUT2D eigenvalue weighted by molar-refractivity contribution is -0.137. The summed E-state index contributed by atoms with van der Waals surface area (Å²) in [4.78, 5) is 65.3. The number of oxime groups is 2. The summed E-state index contributed by atoms with van der Waals surface area (Å²) in [6.07, 6.45) is 24.2. The molecule has 4 aliphatic heterocycles. The van der Waals surface area contributed by atoms with Crippen LogP contribution in [0.2, 0.25) is 10.0 Å². The van der Waals surface area contributed by atoms with Crippen LogP contribution in [0.15, 0.2) is 71.1 Å². The maximum absolute atomic E-state index is 12.9.